The summed E-state index contributed by atoms with van der Waals surface area (Å²) in [6.45, 7) is 6.42. The summed E-state index contributed by atoms with van der Waals surface area (Å²) in [5.74, 6) is 0.276. The molecule has 3 N–H and O–H groups in total. The Labute approximate surface area is 258 Å². The van der Waals surface area contributed by atoms with Gasteiger partial charge in [0.1, 0.15) is 17.9 Å². The molecule has 1 aromatic heterocycles. The molecule has 2 fully saturated rings. The van der Waals surface area contributed by atoms with Gasteiger partial charge in [-0.3, -0.25) is 9.59 Å². The minimum Gasteiger partial charge on any atom is -0.490 e. The van der Waals surface area contributed by atoms with Crippen molar-refractivity contribution in [2.45, 2.75) is 75.5 Å². The molecular weight excluding hydrogens is 585 g/mol. The molecule has 2 aliphatic rings. The number of nitrogens with one attached hydrogen (secondary N) is 3. The quantitative estimate of drug-likeness (QED) is 0.305. The van der Waals surface area contributed by atoms with E-state index >= 15 is 0 Å². The van der Waals surface area contributed by atoms with E-state index in [1.165, 1.54) is 15.6 Å². The average molecular weight is 627 g/mol. The van der Waals surface area contributed by atoms with Gasteiger partial charge in [0.25, 0.3) is 5.91 Å². The molecule has 2 aromatic carbocycles. The molecule has 0 radical (unpaired) electrons. The van der Waals surface area contributed by atoms with Crippen LogP contribution >= 0.6 is 11.3 Å². The fourth-order valence-corrected chi connectivity index (χ4v) is 8.21. The van der Waals surface area contributed by atoms with Crippen LogP contribution < -0.4 is 20.7 Å². The maximum atomic E-state index is 13.6. The minimum absolute atomic E-state index is 0.132. The SMILES string of the molecule is CC(C)C[C@H](NC(=O)c1cc2ccccc2s1)C(=O)NC1CCCCN(S(=O)(=O)c2ccc(OC3CCNCC3)cc2)C1. The molecule has 11 heteroatoms. The molecule has 3 aromatic rings. The molecule has 2 saturated heterocycles. The number of hydrogen-bond acceptors (Lipinski definition) is 7. The van der Waals surface area contributed by atoms with Gasteiger partial charge in [-0.15, -0.1) is 11.3 Å². The number of carbonyl (C=O) groups excluding carboxylic acids is 2. The molecule has 2 aliphatic heterocycles. The van der Waals surface area contributed by atoms with Crippen molar-refractivity contribution in [3.8, 4) is 5.75 Å². The van der Waals surface area contributed by atoms with Crippen LogP contribution in [0.3, 0.4) is 0 Å². The summed E-state index contributed by atoms with van der Waals surface area (Å²) in [4.78, 5) is 27.4. The minimum atomic E-state index is -3.76. The highest BCUT2D eigenvalue weighted by Crippen LogP contribution is 2.26. The van der Waals surface area contributed by atoms with E-state index in [-0.39, 0.29) is 41.3 Å². The van der Waals surface area contributed by atoms with Crippen LogP contribution in [-0.4, -0.2) is 68.9 Å². The smallest absolute Gasteiger partial charge is 0.262 e. The van der Waals surface area contributed by atoms with Crippen LogP contribution in [0.15, 0.2) is 59.5 Å². The number of amides is 2. The Balaban J connectivity index is 1.23. The van der Waals surface area contributed by atoms with Crippen LogP contribution in [0.25, 0.3) is 10.1 Å². The van der Waals surface area contributed by atoms with Crippen LogP contribution in [-0.2, 0) is 14.8 Å². The number of benzene rings is 2. The standard InChI is InChI=1S/C32H42N4O5S2/c1-22(2)19-28(35-32(38)30-20-23-7-3-4-9-29(23)42-30)31(37)34-24-8-5-6-18-36(21-24)43(39,40)27-12-10-25(11-13-27)41-26-14-16-33-17-15-26/h3-4,7,9-13,20,22,24,26,28,33H,5-6,8,14-19,21H2,1-2H3,(H,34,37)(H,35,38)/t24?,28-/m0/s1. The van der Waals surface area contributed by atoms with E-state index in [0.717, 1.165) is 42.4 Å². The number of thiophene rings is 1. The molecule has 2 amide bonds. The molecule has 0 spiro atoms. The number of ether oxygens (including phenoxy) is 1. The molecule has 1 unspecified atom stereocenters. The van der Waals surface area contributed by atoms with Crippen LogP contribution in [0.4, 0.5) is 0 Å². The molecule has 9 nitrogen and oxygen atoms in total. The normalized spacial score (nSPS) is 19.6. The van der Waals surface area contributed by atoms with Crippen LogP contribution in [0.2, 0.25) is 0 Å². The largest absolute Gasteiger partial charge is 0.490 e. The first-order valence-corrected chi connectivity index (χ1v) is 17.5. The third kappa shape index (κ3) is 8.14. The molecule has 43 heavy (non-hydrogen) atoms. The van der Waals surface area contributed by atoms with Gasteiger partial charge >= 0.3 is 0 Å². The molecule has 232 valence electrons. The summed E-state index contributed by atoms with van der Waals surface area (Å²) in [5, 5.41) is 10.3. The number of hydrogen-bond donors (Lipinski definition) is 3. The van der Waals surface area contributed by atoms with E-state index in [1.807, 2.05) is 44.2 Å². The van der Waals surface area contributed by atoms with E-state index in [9.17, 15) is 18.0 Å². The van der Waals surface area contributed by atoms with Crippen LogP contribution in [0.1, 0.15) is 62.0 Å². The number of carbonyl (C=O) groups is 2. The zero-order valence-electron chi connectivity index (χ0n) is 24.9. The zero-order chi connectivity index (χ0) is 30.4. The molecule has 0 aliphatic carbocycles. The van der Waals surface area contributed by atoms with Crippen molar-refractivity contribution in [2.24, 2.45) is 5.92 Å². The third-order valence-corrected chi connectivity index (χ3v) is 11.0. The number of sulfonamides is 1. The van der Waals surface area contributed by atoms with Crippen molar-refractivity contribution in [3.05, 3.63) is 59.5 Å². The van der Waals surface area contributed by atoms with E-state index in [2.05, 4.69) is 16.0 Å². The van der Waals surface area contributed by atoms with Crippen molar-refractivity contribution in [1.82, 2.24) is 20.3 Å². The summed E-state index contributed by atoms with van der Waals surface area (Å²) >= 11 is 1.40. The predicted molar refractivity (Wildman–Crippen MR) is 170 cm³/mol. The lowest BCUT2D eigenvalue weighted by Crippen LogP contribution is -2.52. The summed E-state index contributed by atoms with van der Waals surface area (Å²) in [5.41, 5.74) is 0. The van der Waals surface area contributed by atoms with Gasteiger partial charge in [0, 0.05) is 23.8 Å². The number of rotatable bonds is 10. The Hall–Kier alpha value is -2.99. The maximum absolute atomic E-state index is 13.6. The lowest BCUT2D eigenvalue weighted by molar-refractivity contribution is -0.124. The summed E-state index contributed by atoms with van der Waals surface area (Å²) in [7, 11) is -3.76. The Bertz CT molecular complexity index is 1470. The lowest BCUT2D eigenvalue weighted by atomic mass is 10.0. The fourth-order valence-electron chi connectivity index (χ4n) is 5.72. The van der Waals surface area contributed by atoms with Gasteiger partial charge in [-0.1, -0.05) is 38.5 Å². The predicted octanol–water partition coefficient (Wildman–Crippen LogP) is 4.54. The second-order valence-electron chi connectivity index (χ2n) is 11.9. The Kier molecular flexibility index (Phi) is 10.4. The highest BCUT2D eigenvalue weighted by Gasteiger charge is 2.32. The fraction of sp³-hybridized carbons (Fsp3) is 0.500. The monoisotopic (exact) mass is 626 g/mol. The van der Waals surface area contributed by atoms with E-state index in [4.69, 9.17) is 4.74 Å². The highest BCUT2D eigenvalue weighted by molar-refractivity contribution is 7.89. The number of nitrogens with zero attached hydrogens (tertiary/aromatic N) is 1. The zero-order valence-corrected chi connectivity index (χ0v) is 26.5. The van der Waals surface area contributed by atoms with Crippen LogP contribution in [0.5, 0.6) is 5.75 Å². The van der Waals surface area contributed by atoms with Gasteiger partial charge in [-0.05, 0) is 92.9 Å². The van der Waals surface area contributed by atoms with Gasteiger partial charge in [0.2, 0.25) is 15.9 Å². The van der Waals surface area contributed by atoms with E-state index < -0.39 is 16.1 Å². The second kappa shape index (κ2) is 14.2. The van der Waals surface area contributed by atoms with Gasteiger partial charge in [0.15, 0.2) is 0 Å². The third-order valence-electron chi connectivity index (χ3n) is 8.01. The molecule has 2 atom stereocenters. The van der Waals surface area contributed by atoms with Crippen LogP contribution in [0, 0.1) is 5.92 Å². The van der Waals surface area contributed by atoms with Gasteiger partial charge in [0.05, 0.1) is 9.77 Å². The number of fused-ring (bicyclic) bond motifs is 1. The molecule has 0 bridgehead atoms. The first-order chi connectivity index (χ1) is 20.7. The topological polar surface area (TPSA) is 117 Å². The summed E-state index contributed by atoms with van der Waals surface area (Å²) in [6.07, 6.45) is 4.63. The van der Waals surface area contributed by atoms with Gasteiger partial charge < -0.3 is 20.7 Å². The Morgan fingerprint density at radius 3 is 2.51 bits per heavy atom. The average Bonchev–Trinajstić information content (AvgIpc) is 3.29. The Morgan fingerprint density at radius 2 is 1.79 bits per heavy atom. The number of piperidine rings is 1. The lowest BCUT2D eigenvalue weighted by Gasteiger charge is -2.27. The van der Waals surface area contributed by atoms with Crippen molar-refractivity contribution in [1.29, 1.82) is 0 Å². The second-order valence-corrected chi connectivity index (χ2v) is 14.9. The molecule has 0 saturated carbocycles. The summed E-state index contributed by atoms with van der Waals surface area (Å²) in [6, 6.07) is 15.2. The molecule has 5 rings (SSSR count). The van der Waals surface area contributed by atoms with Gasteiger partial charge in [-0.2, -0.15) is 4.31 Å². The maximum Gasteiger partial charge on any atom is 0.262 e. The first kappa shape index (κ1) is 31.4. The van der Waals surface area contributed by atoms with Gasteiger partial charge in [-0.25, -0.2) is 8.42 Å². The van der Waals surface area contributed by atoms with Crippen molar-refractivity contribution < 1.29 is 22.7 Å². The van der Waals surface area contributed by atoms with Crippen molar-refractivity contribution in [3.63, 3.8) is 0 Å². The summed E-state index contributed by atoms with van der Waals surface area (Å²) < 4.78 is 35.8. The van der Waals surface area contributed by atoms with Crippen molar-refractivity contribution in [2.75, 3.05) is 26.2 Å². The Morgan fingerprint density at radius 1 is 1.05 bits per heavy atom. The van der Waals surface area contributed by atoms with E-state index in [0.29, 0.717) is 36.4 Å². The molecular formula is C32H42N4O5S2. The first-order valence-electron chi connectivity index (χ1n) is 15.3. The van der Waals surface area contributed by atoms with Crippen molar-refractivity contribution >= 4 is 43.3 Å². The molecule has 3 heterocycles. The van der Waals surface area contributed by atoms with E-state index in [1.54, 1.807) is 24.3 Å². The highest BCUT2D eigenvalue weighted by atomic mass is 32.2.